The number of nitrogens with zero attached hydrogens (tertiary/aromatic N) is 2. The fraction of sp³-hybridized carbons (Fsp3) is 0.368. The molecule has 0 spiro atoms. The van der Waals surface area contributed by atoms with E-state index >= 15 is 0 Å². The van der Waals surface area contributed by atoms with Gasteiger partial charge >= 0.3 is 0 Å². The number of nitrogen functional groups attached to an aromatic ring is 1. The largest absolute Gasteiger partial charge is 0.384 e. The van der Waals surface area contributed by atoms with Crippen molar-refractivity contribution in [1.29, 1.82) is 0 Å². The van der Waals surface area contributed by atoms with E-state index in [0.29, 0.717) is 12.2 Å². The van der Waals surface area contributed by atoms with Gasteiger partial charge in [0.15, 0.2) is 0 Å². The first-order chi connectivity index (χ1) is 11.4. The molecule has 136 valence electrons. The Morgan fingerprint density at radius 3 is 2.44 bits per heavy atom. The maximum atomic E-state index is 12.0. The molecular formula is C19H27ClN4O. The average Bonchev–Trinajstić information content (AvgIpc) is 2.51. The number of aryl methyl sites for hydroxylation is 2. The third-order valence-corrected chi connectivity index (χ3v) is 3.80. The van der Waals surface area contributed by atoms with Gasteiger partial charge in [0.1, 0.15) is 5.82 Å². The van der Waals surface area contributed by atoms with Crippen molar-refractivity contribution in [2.75, 3.05) is 30.0 Å². The number of amides is 1. The van der Waals surface area contributed by atoms with Gasteiger partial charge in [-0.3, -0.25) is 4.79 Å². The molecule has 0 radical (unpaired) electrons. The summed E-state index contributed by atoms with van der Waals surface area (Å²) < 4.78 is 0. The van der Waals surface area contributed by atoms with Crippen molar-refractivity contribution in [3.63, 3.8) is 0 Å². The van der Waals surface area contributed by atoms with Crippen LogP contribution in [0.25, 0.3) is 0 Å². The summed E-state index contributed by atoms with van der Waals surface area (Å²) in [5, 5.41) is 2.93. The summed E-state index contributed by atoms with van der Waals surface area (Å²) in [4.78, 5) is 18.3. The van der Waals surface area contributed by atoms with Gasteiger partial charge in [-0.1, -0.05) is 0 Å². The second kappa shape index (κ2) is 9.89. The molecule has 25 heavy (non-hydrogen) atoms. The molecule has 0 aliphatic rings. The second-order valence-corrected chi connectivity index (χ2v) is 6.26. The Labute approximate surface area is 156 Å². The van der Waals surface area contributed by atoms with E-state index in [1.54, 1.807) is 0 Å². The Bertz CT molecular complexity index is 666. The van der Waals surface area contributed by atoms with Crippen LogP contribution < -0.4 is 16.0 Å². The normalized spacial score (nSPS) is 10.0. The molecule has 0 saturated carbocycles. The monoisotopic (exact) mass is 362 g/mol. The van der Waals surface area contributed by atoms with Crippen molar-refractivity contribution >= 4 is 35.5 Å². The van der Waals surface area contributed by atoms with Crippen LogP contribution >= 0.6 is 12.4 Å². The summed E-state index contributed by atoms with van der Waals surface area (Å²) in [6.07, 6.45) is 3.10. The van der Waals surface area contributed by atoms with Gasteiger partial charge in [-0.25, -0.2) is 4.98 Å². The number of halogens is 1. The van der Waals surface area contributed by atoms with Gasteiger partial charge < -0.3 is 16.0 Å². The minimum atomic E-state index is 0. The third kappa shape index (κ3) is 7.01. The summed E-state index contributed by atoms with van der Waals surface area (Å²) in [7, 11) is 3.98. The number of aromatic nitrogens is 1. The molecule has 0 aliphatic heterocycles. The summed E-state index contributed by atoms with van der Waals surface area (Å²) in [5.74, 6) is 0.605. The molecule has 0 aliphatic carbocycles. The maximum Gasteiger partial charge on any atom is 0.224 e. The minimum absolute atomic E-state index is 0. The lowest BCUT2D eigenvalue weighted by Gasteiger charge is -2.13. The van der Waals surface area contributed by atoms with E-state index in [0.717, 1.165) is 41.9 Å². The molecule has 0 bridgehead atoms. The zero-order valence-electron chi connectivity index (χ0n) is 15.1. The number of rotatable bonds is 7. The SMILES string of the molecule is Cc1cc(N)nc(CCCCC(=O)Nc2ccc(N(C)C)cc2)c1.Cl. The third-order valence-electron chi connectivity index (χ3n) is 3.80. The molecule has 0 atom stereocenters. The van der Waals surface area contributed by atoms with Gasteiger partial charge in [-0.2, -0.15) is 0 Å². The van der Waals surface area contributed by atoms with Crippen LogP contribution in [0, 0.1) is 6.92 Å². The lowest BCUT2D eigenvalue weighted by atomic mass is 10.1. The minimum Gasteiger partial charge on any atom is -0.384 e. The van der Waals surface area contributed by atoms with E-state index in [2.05, 4.69) is 10.3 Å². The van der Waals surface area contributed by atoms with Gasteiger partial charge in [0.05, 0.1) is 0 Å². The Morgan fingerprint density at radius 1 is 1.16 bits per heavy atom. The molecule has 2 rings (SSSR count). The standard InChI is InChI=1S/C19H26N4O.ClH/c1-14-12-16(21-18(20)13-14)6-4-5-7-19(24)22-15-8-10-17(11-9-15)23(2)3;/h8-13H,4-7H2,1-3H3,(H2,20,21)(H,22,24);1H. The van der Waals surface area contributed by atoms with Crippen molar-refractivity contribution in [1.82, 2.24) is 4.98 Å². The summed E-state index contributed by atoms with van der Waals surface area (Å²) in [6, 6.07) is 11.7. The molecule has 0 fully saturated rings. The lowest BCUT2D eigenvalue weighted by molar-refractivity contribution is -0.116. The average molecular weight is 363 g/mol. The lowest BCUT2D eigenvalue weighted by Crippen LogP contribution is -2.12. The van der Waals surface area contributed by atoms with E-state index < -0.39 is 0 Å². The van der Waals surface area contributed by atoms with Crippen LogP contribution in [-0.4, -0.2) is 25.0 Å². The number of anilines is 3. The van der Waals surface area contributed by atoms with Crippen molar-refractivity contribution < 1.29 is 4.79 Å². The van der Waals surface area contributed by atoms with Crippen molar-refractivity contribution in [3.05, 3.63) is 47.7 Å². The van der Waals surface area contributed by atoms with Gasteiger partial charge in [0, 0.05) is 37.6 Å². The first-order valence-electron chi connectivity index (χ1n) is 8.24. The van der Waals surface area contributed by atoms with Gasteiger partial charge in [-0.15, -0.1) is 12.4 Å². The number of hydrogen-bond donors (Lipinski definition) is 2. The molecule has 2 aromatic rings. The number of unbranched alkanes of at least 4 members (excludes halogenated alkanes) is 1. The number of carbonyl (C=O) groups is 1. The zero-order valence-corrected chi connectivity index (χ0v) is 15.9. The molecule has 1 amide bonds. The predicted molar refractivity (Wildman–Crippen MR) is 108 cm³/mol. The van der Waals surface area contributed by atoms with Crippen LogP contribution in [0.15, 0.2) is 36.4 Å². The number of benzene rings is 1. The number of carbonyl (C=O) groups excluding carboxylic acids is 1. The molecule has 5 nitrogen and oxygen atoms in total. The van der Waals surface area contributed by atoms with Crippen LogP contribution in [0.2, 0.25) is 0 Å². The second-order valence-electron chi connectivity index (χ2n) is 6.26. The summed E-state index contributed by atoms with van der Waals surface area (Å²) >= 11 is 0. The Hall–Kier alpha value is -2.27. The summed E-state index contributed by atoms with van der Waals surface area (Å²) in [6.45, 7) is 2.01. The molecular weight excluding hydrogens is 336 g/mol. The molecule has 1 heterocycles. The summed E-state index contributed by atoms with van der Waals surface area (Å²) in [5.41, 5.74) is 9.80. The van der Waals surface area contributed by atoms with E-state index in [9.17, 15) is 4.79 Å². The van der Waals surface area contributed by atoms with Gasteiger partial charge in [0.25, 0.3) is 0 Å². The van der Waals surface area contributed by atoms with Crippen molar-refractivity contribution in [3.8, 4) is 0 Å². The first-order valence-corrected chi connectivity index (χ1v) is 8.24. The fourth-order valence-corrected chi connectivity index (χ4v) is 2.55. The van der Waals surface area contributed by atoms with Crippen LogP contribution in [0.4, 0.5) is 17.2 Å². The number of pyridine rings is 1. The van der Waals surface area contributed by atoms with Gasteiger partial charge in [-0.05, 0) is 68.1 Å². The van der Waals surface area contributed by atoms with E-state index in [1.165, 1.54) is 0 Å². The molecule has 1 aromatic heterocycles. The van der Waals surface area contributed by atoms with Crippen molar-refractivity contribution in [2.24, 2.45) is 0 Å². The van der Waals surface area contributed by atoms with Crippen LogP contribution in [0.5, 0.6) is 0 Å². The van der Waals surface area contributed by atoms with E-state index in [1.807, 2.05) is 62.3 Å². The highest BCUT2D eigenvalue weighted by Crippen LogP contribution is 2.16. The van der Waals surface area contributed by atoms with E-state index in [-0.39, 0.29) is 18.3 Å². The van der Waals surface area contributed by atoms with Gasteiger partial charge in [0.2, 0.25) is 5.91 Å². The molecule has 0 saturated heterocycles. The smallest absolute Gasteiger partial charge is 0.224 e. The number of hydrogen-bond acceptors (Lipinski definition) is 4. The van der Waals surface area contributed by atoms with Crippen molar-refractivity contribution in [2.45, 2.75) is 32.6 Å². The number of nitrogens with two attached hydrogens (primary N) is 1. The Morgan fingerprint density at radius 2 is 1.84 bits per heavy atom. The maximum absolute atomic E-state index is 12.0. The Kier molecular flexibility index (Phi) is 8.22. The molecule has 3 N–H and O–H groups in total. The van der Waals surface area contributed by atoms with Crippen LogP contribution in [0.1, 0.15) is 30.5 Å². The highest BCUT2D eigenvalue weighted by Gasteiger charge is 2.04. The van der Waals surface area contributed by atoms with E-state index in [4.69, 9.17) is 5.73 Å². The molecule has 0 unspecified atom stereocenters. The molecule has 6 heteroatoms. The number of nitrogens with one attached hydrogen (secondary N) is 1. The molecule has 1 aromatic carbocycles. The highest BCUT2D eigenvalue weighted by atomic mass is 35.5. The fourth-order valence-electron chi connectivity index (χ4n) is 2.55. The quantitative estimate of drug-likeness (QED) is 0.734. The first kappa shape index (κ1) is 20.8. The topological polar surface area (TPSA) is 71.2 Å². The highest BCUT2D eigenvalue weighted by molar-refractivity contribution is 5.90. The zero-order chi connectivity index (χ0) is 17.5. The Balaban J connectivity index is 0.00000312. The van der Waals surface area contributed by atoms with Crippen LogP contribution in [-0.2, 0) is 11.2 Å². The van der Waals surface area contributed by atoms with Crippen LogP contribution in [0.3, 0.4) is 0 Å². The predicted octanol–water partition coefficient (Wildman–Crippen LogP) is 3.81.